The van der Waals surface area contributed by atoms with Crippen molar-refractivity contribution in [2.75, 3.05) is 12.4 Å². The lowest BCUT2D eigenvalue weighted by molar-refractivity contribution is -0.141. The Labute approximate surface area is 131 Å². The molecule has 106 valence electrons. The molecule has 0 saturated carbocycles. The summed E-state index contributed by atoms with van der Waals surface area (Å²) < 4.78 is 5.92. The highest BCUT2D eigenvalue weighted by atomic mass is 79.9. The van der Waals surface area contributed by atoms with Crippen LogP contribution in [-0.2, 0) is 9.53 Å². The molecule has 1 atom stereocenters. The van der Waals surface area contributed by atoms with Gasteiger partial charge in [-0.15, -0.1) is 11.3 Å². The van der Waals surface area contributed by atoms with E-state index in [0.29, 0.717) is 0 Å². The predicted octanol–water partition coefficient (Wildman–Crippen LogP) is 4.45. The van der Waals surface area contributed by atoms with Crippen LogP contribution in [0, 0.1) is 13.8 Å². The third-order valence-electron chi connectivity index (χ3n) is 2.93. The van der Waals surface area contributed by atoms with Crippen molar-refractivity contribution in [3.05, 3.63) is 50.1 Å². The average Bonchev–Trinajstić information content (AvgIpc) is 2.75. The summed E-state index contributed by atoms with van der Waals surface area (Å²) >= 11 is 5.06. The van der Waals surface area contributed by atoms with E-state index >= 15 is 0 Å². The van der Waals surface area contributed by atoms with Gasteiger partial charge >= 0.3 is 5.97 Å². The van der Waals surface area contributed by atoms with Crippen LogP contribution in [0.3, 0.4) is 0 Å². The van der Waals surface area contributed by atoms with Gasteiger partial charge in [0.15, 0.2) is 6.04 Å². The SMILES string of the molecule is COC(=O)C(Nc1cccc(C)c1)c1cc(Br)c(C)s1. The molecule has 0 aliphatic carbocycles. The molecule has 0 aliphatic heterocycles. The molecule has 1 heterocycles. The molecule has 0 amide bonds. The Morgan fingerprint density at radius 1 is 1.35 bits per heavy atom. The summed E-state index contributed by atoms with van der Waals surface area (Å²) in [5.41, 5.74) is 2.05. The van der Waals surface area contributed by atoms with Crippen LogP contribution in [0.1, 0.15) is 21.4 Å². The quantitative estimate of drug-likeness (QED) is 0.825. The Bertz CT molecular complexity index is 605. The van der Waals surface area contributed by atoms with E-state index in [1.54, 1.807) is 11.3 Å². The van der Waals surface area contributed by atoms with Gasteiger partial charge in [0.05, 0.1) is 7.11 Å². The van der Waals surface area contributed by atoms with E-state index in [1.807, 2.05) is 44.2 Å². The summed E-state index contributed by atoms with van der Waals surface area (Å²) in [4.78, 5) is 14.1. The largest absolute Gasteiger partial charge is 0.467 e. The van der Waals surface area contributed by atoms with Crippen molar-refractivity contribution >= 4 is 38.9 Å². The van der Waals surface area contributed by atoms with Crippen molar-refractivity contribution in [1.82, 2.24) is 0 Å². The number of thiophene rings is 1. The molecule has 2 rings (SSSR count). The highest BCUT2D eigenvalue weighted by Crippen LogP contribution is 2.33. The molecule has 0 spiro atoms. The summed E-state index contributed by atoms with van der Waals surface area (Å²) in [5.74, 6) is -0.291. The molecule has 0 saturated heterocycles. The molecule has 1 N–H and O–H groups in total. The lowest BCUT2D eigenvalue weighted by atomic mass is 10.2. The molecular formula is C15H16BrNO2S. The first-order valence-electron chi connectivity index (χ1n) is 6.18. The Balaban J connectivity index is 2.31. The van der Waals surface area contributed by atoms with Gasteiger partial charge in [0.1, 0.15) is 0 Å². The zero-order chi connectivity index (χ0) is 14.7. The van der Waals surface area contributed by atoms with Crippen LogP contribution in [0.25, 0.3) is 0 Å². The zero-order valence-electron chi connectivity index (χ0n) is 11.6. The topological polar surface area (TPSA) is 38.3 Å². The van der Waals surface area contributed by atoms with Crippen LogP contribution in [0.15, 0.2) is 34.8 Å². The number of rotatable bonds is 4. The predicted molar refractivity (Wildman–Crippen MR) is 86.3 cm³/mol. The van der Waals surface area contributed by atoms with Gasteiger partial charge in [-0.25, -0.2) is 4.79 Å². The second-order valence-corrected chi connectivity index (χ2v) is 6.67. The number of halogens is 1. The van der Waals surface area contributed by atoms with Crippen molar-refractivity contribution in [2.24, 2.45) is 0 Å². The Morgan fingerprint density at radius 2 is 2.10 bits per heavy atom. The average molecular weight is 354 g/mol. The van der Waals surface area contributed by atoms with E-state index in [-0.39, 0.29) is 5.97 Å². The maximum atomic E-state index is 12.0. The number of benzene rings is 1. The van der Waals surface area contributed by atoms with Crippen molar-refractivity contribution in [2.45, 2.75) is 19.9 Å². The molecule has 2 aromatic rings. The standard InChI is InChI=1S/C15H16BrNO2S/c1-9-5-4-6-11(7-9)17-14(15(18)19-3)13-8-12(16)10(2)20-13/h4-8,14,17H,1-3H3. The number of aryl methyl sites for hydroxylation is 2. The molecule has 0 bridgehead atoms. The van der Waals surface area contributed by atoms with E-state index in [1.165, 1.54) is 7.11 Å². The van der Waals surface area contributed by atoms with Crippen LogP contribution in [0.5, 0.6) is 0 Å². The van der Waals surface area contributed by atoms with Gasteiger partial charge in [-0.05, 0) is 53.5 Å². The number of anilines is 1. The fourth-order valence-electron chi connectivity index (χ4n) is 1.89. The third kappa shape index (κ3) is 3.41. The van der Waals surface area contributed by atoms with Gasteiger partial charge in [-0.2, -0.15) is 0 Å². The monoisotopic (exact) mass is 353 g/mol. The zero-order valence-corrected chi connectivity index (χ0v) is 14.0. The van der Waals surface area contributed by atoms with Crippen LogP contribution in [0.4, 0.5) is 5.69 Å². The number of hydrogen-bond donors (Lipinski definition) is 1. The number of hydrogen-bond acceptors (Lipinski definition) is 4. The van der Waals surface area contributed by atoms with Gasteiger partial charge < -0.3 is 10.1 Å². The number of esters is 1. The third-order valence-corrected chi connectivity index (χ3v) is 5.13. The van der Waals surface area contributed by atoms with E-state index in [9.17, 15) is 4.79 Å². The maximum Gasteiger partial charge on any atom is 0.333 e. The fourth-order valence-corrected chi connectivity index (χ4v) is 3.49. The van der Waals surface area contributed by atoms with Crippen LogP contribution in [-0.4, -0.2) is 13.1 Å². The smallest absolute Gasteiger partial charge is 0.333 e. The minimum atomic E-state index is -0.489. The van der Waals surface area contributed by atoms with Crippen LogP contribution >= 0.6 is 27.3 Å². The number of carbonyl (C=O) groups excluding carboxylic acids is 1. The molecule has 1 aromatic heterocycles. The maximum absolute atomic E-state index is 12.0. The van der Waals surface area contributed by atoms with Crippen molar-refractivity contribution < 1.29 is 9.53 Å². The van der Waals surface area contributed by atoms with Crippen LogP contribution in [0.2, 0.25) is 0 Å². The van der Waals surface area contributed by atoms with E-state index < -0.39 is 6.04 Å². The summed E-state index contributed by atoms with van der Waals surface area (Å²) in [7, 11) is 1.41. The first kappa shape index (κ1) is 15.1. The second-order valence-electron chi connectivity index (χ2n) is 4.52. The van der Waals surface area contributed by atoms with Crippen molar-refractivity contribution in [3.8, 4) is 0 Å². The van der Waals surface area contributed by atoms with E-state index in [0.717, 1.165) is 25.5 Å². The summed E-state index contributed by atoms with van der Waals surface area (Å²) in [6.07, 6.45) is 0. The lowest BCUT2D eigenvalue weighted by Gasteiger charge is -2.16. The van der Waals surface area contributed by atoms with E-state index in [4.69, 9.17) is 4.74 Å². The number of carbonyl (C=O) groups is 1. The second kappa shape index (κ2) is 6.41. The Hall–Kier alpha value is -1.33. The molecule has 1 unspecified atom stereocenters. The Kier molecular flexibility index (Phi) is 4.83. The lowest BCUT2D eigenvalue weighted by Crippen LogP contribution is -2.21. The molecule has 5 heteroatoms. The molecule has 1 aromatic carbocycles. The van der Waals surface area contributed by atoms with Gasteiger partial charge in [0, 0.05) is 19.9 Å². The minimum Gasteiger partial charge on any atom is -0.467 e. The summed E-state index contributed by atoms with van der Waals surface area (Å²) in [6, 6.07) is 9.40. The first-order chi connectivity index (χ1) is 9.51. The molecule has 0 aliphatic rings. The van der Waals surface area contributed by atoms with Gasteiger partial charge in [0.25, 0.3) is 0 Å². The molecular weight excluding hydrogens is 338 g/mol. The molecule has 20 heavy (non-hydrogen) atoms. The molecule has 3 nitrogen and oxygen atoms in total. The molecule has 0 radical (unpaired) electrons. The number of nitrogens with one attached hydrogen (secondary N) is 1. The van der Waals surface area contributed by atoms with Crippen LogP contribution < -0.4 is 5.32 Å². The minimum absolute atomic E-state index is 0.291. The van der Waals surface area contributed by atoms with E-state index in [2.05, 4.69) is 21.2 Å². The van der Waals surface area contributed by atoms with Crippen molar-refractivity contribution in [3.63, 3.8) is 0 Å². The highest BCUT2D eigenvalue weighted by Gasteiger charge is 2.24. The van der Waals surface area contributed by atoms with Gasteiger partial charge in [-0.3, -0.25) is 0 Å². The van der Waals surface area contributed by atoms with Crippen molar-refractivity contribution in [1.29, 1.82) is 0 Å². The fraction of sp³-hybridized carbons (Fsp3) is 0.267. The van der Waals surface area contributed by atoms with Gasteiger partial charge in [0.2, 0.25) is 0 Å². The van der Waals surface area contributed by atoms with Gasteiger partial charge in [-0.1, -0.05) is 12.1 Å². The number of ether oxygens (including phenoxy) is 1. The summed E-state index contributed by atoms with van der Waals surface area (Å²) in [5, 5.41) is 3.24. The first-order valence-corrected chi connectivity index (χ1v) is 7.79. The summed E-state index contributed by atoms with van der Waals surface area (Å²) in [6.45, 7) is 4.03. The Morgan fingerprint density at radius 3 is 2.65 bits per heavy atom. The highest BCUT2D eigenvalue weighted by molar-refractivity contribution is 9.10. The normalized spacial score (nSPS) is 12.0. The number of methoxy groups -OCH3 is 1. The molecule has 0 fully saturated rings.